The molecule has 0 aliphatic heterocycles. The van der Waals surface area contributed by atoms with Crippen molar-refractivity contribution in [3.05, 3.63) is 12.7 Å². The van der Waals surface area contributed by atoms with Crippen LogP contribution in [0.2, 0.25) is 0 Å². The number of rotatable bonds is 8. The van der Waals surface area contributed by atoms with Crippen LogP contribution in [0.25, 0.3) is 0 Å². The fourth-order valence-corrected chi connectivity index (χ4v) is 1.05. The molecule has 0 aliphatic carbocycles. The standard InChI is InChI=1S/C9H17NO3/c1-2-5-13-7-8(3-4-10)6-9(11)12/h2,8H,1,3-7,10H2,(H,11,12)/t8-/m1/s1. The van der Waals surface area contributed by atoms with Crippen LogP contribution in [-0.2, 0) is 9.53 Å². The molecule has 13 heavy (non-hydrogen) atoms. The van der Waals surface area contributed by atoms with E-state index in [-0.39, 0.29) is 12.3 Å². The van der Waals surface area contributed by atoms with Crippen molar-refractivity contribution in [1.29, 1.82) is 0 Å². The van der Waals surface area contributed by atoms with Gasteiger partial charge in [-0.3, -0.25) is 4.79 Å². The molecule has 0 aromatic heterocycles. The van der Waals surface area contributed by atoms with E-state index >= 15 is 0 Å². The molecule has 0 saturated heterocycles. The molecule has 4 nitrogen and oxygen atoms in total. The molecular formula is C9H17NO3. The molecule has 76 valence electrons. The molecule has 0 aromatic carbocycles. The number of hydrogen-bond acceptors (Lipinski definition) is 3. The zero-order valence-corrected chi connectivity index (χ0v) is 7.74. The van der Waals surface area contributed by atoms with E-state index in [1.807, 2.05) is 0 Å². The van der Waals surface area contributed by atoms with E-state index in [0.29, 0.717) is 26.2 Å². The van der Waals surface area contributed by atoms with E-state index < -0.39 is 5.97 Å². The highest BCUT2D eigenvalue weighted by atomic mass is 16.5. The third kappa shape index (κ3) is 7.49. The van der Waals surface area contributed by atoms with Gasteiger partial charge in [0.1, 0.15) is 0 Å². The fraction of sp³-hybridized carbons (Fsp3) is 0.667. The van der Waals surface area contributed by atoms with Crippen LogP contribution in [0.15, 0.2) is 12.7 Å². The third-order valence-corrected chi connectivity index (χ3v) is 1.63. The normalized spacial score (nSPS) is 12.4. The Morgan fingerprint density at radius 3 is 2.85 bits per heavy atom. The predicted molar refractivity (Wildman–Crippen MR) is 50.4 cm³/mol. The minimum absolute atomic E-state index is 0.0162. The lowest BCUT2D eigenvalue weighted by Gasteiger charge is -2.12. The molecular weight excluding hydrogens is 170 g/mol. The Labute approximate surface area is 78.4 Å². The molecule has 1 atom stereocenters. The Kier molecular flexibility index (Phi) is 7.24. The first-order chi connectivity index (χ1) is 6.20. The predicted octanol–water partition coefficient (Wildman–Crippen LogP) is 0.629. The Hall–Kier alpha value is -0.870. The van der Waals surface area contributed by atoms with E-state index in [1.54, 1.807) is 6.08 Å². The van der Waals surface area contributed by atoms with Crippen LogP contribution in [0.5, 0.6) is 0 Å². The lowest BCUT2D eigenvalue weighted by molar-refractivity contribution is -0.138. The van der Waals surface area contributed by atoms with Crippen LogP contribution in [-0.4, -0.2) is 30.8 Å². The molecule has 0 amide bonds. The van der Waals surface area contributed by atoms with Gasteiger partial charge in [-0.05, 0) is 18.9 Å². The van der Waals surface area contributed by atoms with Crippen molar-refractivity contribution in [2.75, 3.05) is 19.8 Å². The summed E-state index contributed by atoms with van der Waals surface area (Å²) in [6, 6.07) is 0. The summed E-state index contributed by atoms with van der Waals surface area (Å²) < 4.78 is 5.16. The van der Waals surface area contributed by atoms with Gasteiger partial charge in [-0.1, -0.05) is 6.08 Å². The Balaban J connectivity index is 3.65. The molecule has 0 saturated carbocycles. The number of nitrogens with two attached hydrogens (primary N) is 1. The largest absolute Gasteiger partial charge is 0.481 e. The second-order valence-corrected chi connectivity index (χ2v) is 2.87. The average Bonchev–Trinajstić information content (AvgIpc) is 2.04. The van der Waals surface area contributed by atoms with Gasteiger partial charge in [0.2, 0.25) is 0 Å². The van der Waals surface area contributed by atoms with Gasteiger partial charge in [0.05, 0.1) is 19.6 Å². The molecule has 4 heteroatoms. The van der Waals surface area contributed by atoms with Gasteiger partial charge in [0, 0.05) is 0 Å². The summed E-state index contributed by atoms with van der Waals surface area (Å²) in [5, 5.41) is 8.55. The first-order valence-electron chi connectivity index (χ1n) is 4.31. The summed E-state index contributed by atoms with van der Waals surface area (Å²) in [7, 11) is 0. The van der Waals surface area contributed by atoms with Crippen molar-refractivity contribution in [3.63, 3.8) is 0 Å². The van der Waals surface area contributed by atoms with Crippen molar-refractivity contribution in [3.8, 4) is 0 Å². The van der Waals surface area contributed by atoms with Crippen molar-refractivity contribution < 1.29 is 14.6 Å². The molecule has 0 aliphatic rings. The minimum Gasteiger partial charge on any atom is -0.481 e. The molecule has 0 unspecified atom stereocenters. The molecule has 0 rings (SSSR count). The first kappa shape index (κ1) is 12.1. The Morgan fingerprint density at radius 1 is 1.69 bits per heavy atom. The average molecular weight is 187 g/mol. The highest BCUT2D eigenvalue weighted by Crippen LogP contribution is 2.08. The lowest BCUT2D eigenvalue weighted by Crippen LogP contribution is -2.18. The smallest absolute Gasteiger partial charge is 0.303 e. The van der Waals surface area contributed by atoms with E-state index in [0.717, 1.165) is 0 Å². The van der Waals surface area contributed by atoms with Crippen molar-refractivity contribution >= 4 is 5.97 Å². The number of hydrogen-bond donors (Lipinski definition) is 2. The number of aliphatic carboxylic acids is 1. The lowest BCUT2D eigenvalue weighted by atomic mass is 10.0. The monoisotopic (exact) mass is 187 g/mol. The molecule has 0 bridgehead atoms. The maximum atomic E-state index is 10.4. The van der Waals surface area contributed by atoms with E-state index in [2.05, 4.69) is 6.58 Å². The van der Waals surface area contributed by atoms with Gasteiger partial charge in [-0.2, -0.15) is 0 Å². The maximum absolute atomic E-state index is 10.4. The number of carbonyl (C=O) groups is 1. The molecule has 0 spiro atoms. The maximum Gasteiger partial charge on any atom is 0.303 e. The first-order valence-corrected chi connectivity index (χ1v) is 4.31. The molecule has 0 radical (unpaired) electrons. The Bertz CT molecular complexity index is 159. The van der Waals surface area contributed by atoms with Gasteiger partial charge < -0.3 is 15.6 Å². The van der Waals surface area contributed by atoms with E-state index in [1.165, 1.54) is 0 Å². The van der Waals surface area contributed by atoms with Gasteiger partial charge in [-0.25, -0.2) is 0 Å². The van der Waals surface area contributed by atoms with Crippen LogP contribution in [0.1, 0.15) is 12.8 Å². The third-order valence-electron chi connectivity index (χ3n) is 1.63. The highest BCUT2D eigenvalue weighted by Gasteiger charge is 2.11. The van der Waals surface area contributed by atoms with Crippen molar-refractivity contribution in [2.24, 2.45) is 11.7 Å². The minimum atomic E-state index is -0.805. The fourth-order valence-electron chi connectivity index (χ4n) is 1.05. The van der Waals surface area contributed by atoms with Gasteiger partial charge in [0.25, 0.3) is 0 Å². The zero-order chi connectivity index (χ0) is 10.1. The van der Waals surface area contributed by atoms with Gasteiger partial charge in [0.15, 0.2) is 0 Å². The molecule has 0 aromatic rings. The van der Waals surface area contributed by atoms with Crippen LogP contribution in [0.3, 0.4) is 0 Å². The van der Waals surface area contributed by atoms with Gasteiger partial charge >= 0.3 is 5.97 Å². The highest BCUT2D eigenvalue weighted by molar-refractivity contribution is 5.67. The SMILES string of the molecule is C=CCOC[C@H](CCN)CC(=O)O. The molecule has 3 N–H and O–H groups in total. The summed E-state index contributed by atoms with van der Waals surface area (Å²) >= 11 is 0. The summed E-state index contributed by atoms with van der Waals surface area (Å²) in [4.78, 5) is 10.4. The quantitative estimate of drug-likeness (QED) is 0.432. The number of ether oxygens (including phenoxy) is 1. The molecule has 0 fully saturated rings. The zero-order valence-electron chi connectivity index (χ0n) is 7.74. The topological polar surface area (TPSA) is 72.5 Å². The van der Waals surface area contributed by atoms with Crippen molar-refractivity contribution in [1.82, 2.24) is 0 Å². The summed E-state index contributed by atoms with van der Waals surface area (Å²) in [5.41, 5.74) is 5.34. The van der Waals surface area contributed by atoms with Crippen LogP contribution in [0.4, 0.5) is 0 Å². The van der Waals surface area contributed by atoms with Crippen molar-refractivity contribution in [2.45, 2.75) is 12.8 Å². The van der Waals surface area contributed by atoms with Crippen LogP contribution < -0.4 is 5.73 Å². The summed E-state index contributed by atoms with van der Waals surface area (Å²) in [5.74, 6) is -0.789. The number of carboxylic acids is 1. The summed E-state index contributed by atoms with van der Waals surface area (Å²) in [6.45, 7) is 4.89. The van der Waals surface area contributed by atoms with Gasteiger partial charge in [-0.15, -0.1) is 6.58 Å². The second kappa shape index (κ2) is 7.76. The summed E-state index contributed by atoms with van der Waals surface area (Å²) in [6.07, 6.45) is 2.44. The molecule has 0 heterocycles. The van der Waals surface area contributed by atoms with Crippen LogP contribution >= 0.6 is 0 Å². The Morgan fingerprint density at radius 2 is 2.38 bits per heavy atom. The number of carboxylic acid groups (broad SMARTS) is 1. The van der Waals surface area contributed by atoms with E-state index in [9.17, 15) is 4.79 Å². The second-order valence-electron chi connectivity index (χ2n) is 2.87. The van der Waals surface area contributed by atoms with E-state index in [4.69, 9.17) is 15.6 Å². The van der Waals surface area contributed by atoms with Crippen LogP contribution in [0, 0.1) is 5.92 Å².